The number of hydrogen-bond donors (Lipinski definition) is 1. The van der Waals surface area contributed by atoms with Crippen molar-refractivity contribution in [1.29, 1.82) is 0 Å². The summed E-state index contributed by atoms with van der Waals surface area (Å²) in [5.41, 5.74) is 0. The van der Waals surface area contributed by atoms with Gasteiger partial charge in [0, 0.05) is 10.9 Å². The average Bonchev–Trinajstić information content (AvgIpc) is 2.50. The van der Waals surface area contributed by atoms with Crippen LogP contribution in [0.25, 0.3) is 0 Å². The van der Waals surface area contributed by atoms with Crippen LogP contribution in [0.2, 0.25) is 4.34 Å². The summed E-state index contributed by atoms with van der Waals surface area (Å²) in [4.78, 5) is 1.38. The Morgan fingerprint density at radius 1 is 1.57 bits per heavy atom. The van der Waals surface area contributed by atoms with Crippen molar-refractivity contribution in [3.8, 4) is 0 Å². The van der Waals surface area contributed by atoms with Crippen molar-refractivity contribution < 1.29 is 0 Å². The largest absolute Gasteiger partial charge is 0.312 e. The molecule has 1 aromatic rings. The van der Waals surface area contributed by atoms with E-state index in [0.29, 0.717) is 6.04 Å². The predicted molar refractivity (Wildman–Crippen MR) is 63.1 cm³/mol. The van der Waals surface area contributed by atoms with Crippen molar-refractivity contribution in [2.75, 3.05) is 7.05 Å². The molecule has 0 saturated heterocycles. The van der Waals surface area contributed by atoms with Crippen LogP contribution in [-0.2, 0) is 0 Å². The molecule has 0 radical (unpaired) electrons. The van der Waals surface area contributed by atoms with Crippen molar-refractivity contribution in [2.45, 2.75) is 31.7 Å². The van der Waals surface area contributed by atoms with Gasteiger partial charge in [0.05, 0.1) is 4.34 Å². The van der Waals surface area contributed by atoms with Gasteiger partial charge in [-0.2, -0.15) is 0 Å². The van der Waals surface area contributed by atoms with E-state index in [1.54, 1.807) is 11.3 Å². The van der Waals surface area contributed by atoms with Crippen LogP contribution in [0.4, 0.5) is 0 Å². The summed E-state index contributed by atoms with van der Waals surface area (Å²) < 4.78 is 0.897. The number of halogens is 1. The lowest BCUT2D eigenvalue weighted by Crippen LogP contribution is -2.22. The quantitative estimate of drug-likeness (QED) is 0.827. The molecule has 1 heterocycles. The summed E-state index contributed by atoms with van der Waals surface area (Å²) >= 11 is 7.64. The Hall–Kier alpha value is -0.0500. The van der Waals surface area contributed by atoms with Crippen LogP contribution < -0.4 is 5.32 Å². The summed E-state index contributed by atoms with van der Waals surface area (Å²) in [7, 11) is 2.04. The monoisotopic (exact) mass is 229 g/mol. The van der Waals surface area contributed by atoms with Crippen molar-refractivity contribution in [1.82, 2.24) is 5.32 Å². The highest BCUT2D eigenvalue weighted by atomic mass is 35.5. The van der Waals surface area contributed by atoms with E-state index in [1.807, 2.05) is 13.1 Å². The zero-order chi connectivity index (χ0) is 9.97. The standard InChI is InChI=1S/C11H16ClNS/c1-13-9(7-8-3-2-4-8)10-5-6-11(12)14-10/h5-6,8-9,13H,2-4,7H2,1H3. The molecule has 1 saturated carbocycles. The number of nitrogens with one attached hydrogen (secondary N) is 1. The SMILES string of the molecule is CNC(CC1CCC1)c1ccc(Cl)s1. The van der Waals surface area contributed by atoms with Gasteiger partial charge in [-0.05, 0) is 31.5 Å². The Morgan fingerprint density at radius 2 is 2.36 bits per heavy atom. The Balaban J connectivity index is 1.97. The van der Waals surface area contributed by atoms with E-state index in [4.69, 9.17) is 11.6 Å². The van der Waals surface area contributed by atoms with Crippen LogP contribution in [0.5, 0.6) is 0 Å². The molecule has 78 valence electrons. The molecule has 3 heteroatoms. The van der Waals surface area contributed by atoms with Gasteiger partial charge in [0.25, 0.3) is 0 Å². The van der Waals surface area contributed by atoms with Gasteiger partial charge in [-0.15, -0.1) is 11.3 Å². The molecule has 1 fully saturated rings. The van der Waals surface area contributed by atoms with Crippen LogP contribution in [0, 0.1) is 5.92 Å². The van der Waals surface area contributed by atoms with Crippen LogP contribution >= 0.6 is 22.9 Å². The van der Waals surface area contributed by atoms with Gasteiger partial charge in [0.1, 0.15) is 0 Å². The second-order valence-electron chi connectivity index (χ2n) is 4.02. The van der Waals surface area contributed by atoms with Crippen molar-refractivity contribution >= 4 is 22.9 Å². The summed E-state index contributed by atoms with van der Waals surface area (Å²) in [6, 6.07) is 4.65. The third-order valence-corrected chi connectivity index (χ3v) is 4.42. The minimum atomic E-state index is 0.512. The molecule has 1 aliphatic carbocycles. The van der Waals surface area contributed by atoms with Gasteiger partial charge in [0.15, 0.2) is 0 Å². The molecule has 1 atom stereocenters. The Bertz CT molecular complexity index is 293. The molecule has 1 nitrogen and oxygen atoms in total. The smallest absolute Gasteiger partial charge is 0.0931 e. The van der Waals surface area contributed by atoms with Crippen LogP contribution in [0.1, 0.15) is 36.6 Å². The lowest BCUT2D eigenvalue weighted by molar-refractivity contribution is 0.267. The zero-order valence-electron chi connectivity index (χ0n) is 8.42. The van der Waals surface area contributed by atoms with Gasteiger partial charge in [0.2, 0.25) is 0 Å². The summed E-state index contributed by atoms with van der Waals surface area (Å²) in [5, 5.41) is 3.38. The van der Waals surface area contributed by atoms with Crippen LogP contribution in [0.15, 0.2) is 12.1 Å². The molecule has 0 aliphatic heterocycles. The van der Waals surface area contributed by atoms with Gasteiger partial charge in [-0.25, -0.2) is 0 Å². The summed E-state index contributed by atoms with van der Waals surface area (Å²) in [5.74, 6) is 0.938. The number of thiophene rings is 1. The molecule has 1 aromatic heterocycles. The second-order valence-corrected chi connectivity index (χ2v) is 5.76. The third kappa shape index (κ3) is 2.30. The van der Waals surface area contributed by atoms with Gasteiger partial charge in [-0.1, -0.05) is 30.9 Å². The zero-order valence-corrected chi connectivity index (χ0v) is 10.00. The molecule has 1 N–H and O–H groups in total. The lowest BCUT2D eigenvalue weighted by Gasteiger charge is -2.29. The highest BCUT2D eigenvalue weighted by Gasteiger charge is 2.22. The van der Waals surface area contributed by atoms with E-state index >= 15 is 0 Å². The fourth-order valence-corrected chi connectivity index (χ4v) is 3.14. The first kappa shape index (κ1) is 10.5. The van der Waals surface area contributed by atoms with E-state index in [2.05, 4.69) is 11.4 Å². The first-order chi connectivity index (χ1) is 6.79. The number of rotatable bonds is 4. The molecule has 1 unspecified atom stereocenters. The second kappa shape index (κ2) is 4.65. The predicted octanol–water partition coefficient (Wildman–Crippen LogP) is 3.85. The molecule has 0 amide bonds. The van der Waals surface area contributed by atoms with Crippen molar-refractivity contribution in [3.63, 3.8) is 0 Å². The molecule has 0 spiro atoms. The first-order valence-electron chi connectivity index (χ1n) is 5.22. The fraction of sp³-hybridized carbons (Fsp3) is 0.636. The molecule has 0 bridgehead atoms. The lowest BCUT2D eigenvalue weighted by atomic mass is 9.80. The van der Waals surface area contributed by atoms with Crippen LogP contribution in [0.3, 0.4) is 0 Å². The maximum Gasteiger partial charge on any atom is 0.0931 e. The molecule has 1 aliphatic rings. The highest BCUT2D eigenvalue weighted by Crippen LogP contribution is 2.37. The van der Waals surface area contributed by atoms with Crippen LogP contribution in [-0.4, -0.2) is 7.05 Å². The topological polar surface area (TPSA) is 12.0 Å². The molecular formula is C11H16ClNS. The average molecular weight is 230 g/mol. The van der Waals surface area contributed by atoms with Gasteiger partial charge < -0.3 is 5.32 Å². The fourth-order valence-electron chi connectivity index (χ4n) is 1.95. The minimum Gasteiger partial charge on any atom is -0.312 e. The van der Waals surface area contributed by atoms with E-state index in [9.17, 15) is 0 Å². The summed E-state index contributed by atoms with van der Waals surface area (Å²) in [6.07, 6.45) is 5.52. The molecule has 0 aromatic carbocycles. The highest BCUT2D eigenvalue weighted by molar-refractivity contribution is 7.16. The van der Waals surface area contributed by atoms with Gasteiger partial charge >= 0.3 is 0 Å². The Morgan fingerprint density at radius 3 is 2.79 bits per heavy atom. The maximum atomic E-state index is 5.94. The maximum absolute atomic E-state index is 5.94. The Labute approximate surface area is 94.5 Å². The minimum absolute atomic E-state index is 0.512. The molecule has 2 rings (SSSR count). The number of hydrogen-bond acceptors (Lipinski definition) is 2. The summed E-state index contributed by atoms with van der Waals surface area (Å²) in [6.45, 7) is 0. The van der Waals surface area contributed by atoms with E-state index in [0.717, 1.165) is 10.3 Å². The Kier molecular flexibility index (Phi) is 3.47. The van der Waals surface area contributed by atoms with E-state index in [-0.39, 0.29) is 0 Å². The third-order valence-electron chi connectivity index (χ3n) is 3.08. The van der Waals surface area contributed by atoms with Crippen molar-refractivity contribution in [3.05, 3.63) is 21.3 Å². The molecule has 14 heavy (non-hydrogen) atoms. The van der Waals surface area contributed by atoms with Gasteiger partial charge in [-0.3, -0.25) is 0 Å². The van der Waals surface area contributed by atoms with Crippen molar-refractivity contribution in [2.24, 2.45) is 5.92 Å². The normalized spacial score (nSPS) is 19.3. The first-order valence-corrected chi connectivity index (χ1v) is 6.41. The van der Waals surface area contributed by atoms with E-state index in [1.165, 1.54) is 30.6 Å². The molecular weight excluding hydrogens is 214 g/mol. The van der Waals surface area contributed by atoms with E-state index < -0.39 is 0 Å².